The number of aromatic nitrogens is 2. The van der Waals surface area contributed by atoms with Crippen LogP contribution in [0.3, 0.4) is 0 Å². The molecule has 0 aliphatic heterocycles. The largest absolute Gasteiger partial charge is 0.496 e. The fourth-order valence-corrected chi connectivity index (χ4v) is 1.81. The van der Waals surface area contributed by atoms with Gasteiger partial charge in [-0.1, -0.05) is 19.1 Å². The highest BCUT2D eigenvalue weighted by atomic mass is 16.5. The first-order valence-electron chi connectivity index (χ1n) is 5.94. The molecule has 1 aromatic heterocycles. The fourth-order valence-electron chi connectivity index (χ4n) is 1.81. The number of hydrogen-bond donors (Lipinski definition) is 1. The van der Waals surface area contributed by atoms with E-state index in [2.05, 4.69) is 22.4 Å². The van der Waals surface area contributed by atoms with Crippen LogP contribution in [0.5, 0.6) is 5.75 Å². The van der Waals surface area contributed by atoms with Gasteiger partial charge in [-0.2, -0.15) is 0 Å². The summed E-state index contributed by atoms with van der Waals surface area (Å²) in [6.07, 6.45) is 0.893. The maximum atomic E-state index is 5.69. The summed E-state index contributed by atoms with van der Waals surface area (Å²) < 4.78 is 11.0. The summed E-state index contributed by atoms with van der Waals surface area (Å²) in [6.45, 7) is 2.06. The summed E-state index contributed by atoms with van der Waals surface area (Å²) in [4.78, 5) is 0. The van der Waals surface area contributed by atoms with Crippen LogP contribution in [0.15, 0.2) is 28.7 Å². The van der Waals surface area contributed by atoms with Gasteiger partial charge in [0.15, 0.2) is 0 Å². The number of ether oxygens (including phenoxy) is 1. The molecular formula is C13H17N3O2. The van der Waals surface area contributed by atoms with Gasteiger partial charge in [0.2, 0.25) is 5.89 Å². The van der Waals surface area contributed by atoms with Crippen molar-refractivity contribution in [3.05, 3.63) is 30.2 Å². The molecule has 1 aromatic carbocycles. The third-order valence-corrected chi connectivity index (χ3v) is 2.83. The van der Waals surface area contributed by atoms with Crippen molar-refractivity contribution in [2.24, 2.45) is 0 Å². The van der Waals surface area contributed by atoms with Crippen LogP contribution in [-0.4, -0.2) is 24.4 Å². The summed E-state index contributed by atoms with van der Waals surface area (Å²) >= 11 is 0. The minimum atomic E-state index is 0.0842. The van der Waals surface area contributed by atoms with E-state index in [-0.39, 0.29) is 6.04 Å². The molecule has 0 amide bonds. The molecule has 0 aliphatic rings. The van der Waals surface area contributed by atoms with Crippen molar-refractivity contribution in [1.82, 2.24) is 15.5 Å². The normalized spacial score (nSPS) is 12.4. The van der Waals surface area contributed by atoms with E-state index in [0.717, 1.165) is 17.7 Å². The van der Waals surface area contributed by atoms with Crippen molar-refractivity contribution in [3.63, 3.8) is 0 Å². The number of rotatable bonds is 5. The summed E-state index contributed by atoms with van der Waals surface area (Å²) in [5.41, 5.74) is 0.810. The molecular weight excluding hydrogens is 230 g/mol. The maximum Gasteiger partial charge on any atom is 0.251 e. The monoisotopic (exact) mass is 247 g/mol. The number of nitrogens with one attached hydrogen (secondary N) is 1. The smallest absolute Gasteiger partial charge is 0.251 e. The third kappa shape index (κ3) is 2.36. The first kappa shape index (κ1) is 12.6. The minimum absolute atomic E-state index is 0.0842. The van der Waals surface area contributed by atoms with Gasteiger partial charge in [-0.3, -0.25) is 0 Å². The predicted octanol–water partition coefficient (Wildman–Crippen LogP) is 2.42. The summed E-state index contributed by atoms with van der Waals surface area (Å²) in [6, 6.07) is 7.67. The topological polar surface area (TPSA) is 60.2 Å². The van der Waals surface area contributed by atoms with Gasteiger partial charge in [-0.25, -0.2) is 0 Å². The van der Waals surface area contributed by atoms with Crippen LogP contribution in [0, 0.1) is 0 Å². The highest BCUT2D eigenvalue weighted by Gasteiger charge is 2.17. The quantitative estimate of drug-likeness (QED) is 0.879. The molecule has 0 saturated heterocycles. The number of para-hydroxylation sites is 1. The average molecular weight is 247 g/mol. The molecule has 1 heterocycles. The molecule has 96 valence electrons. The Kier molecular flexibility index (Phi) is 3.94. The number of methoxy groups -OCH3 is 1. The van der Waals surface area contributed by atoms with Crippen molar-refractivity contribution in [1.29, 1.82) is 0 Å². The van der Waals surface area contributed by atoms with E-state index in [1.807, 2.05) is 31.3 Å². The molecule has 0 saturated carbocycles. The Labute approximate surface area is 106 Å². The fraction of sp³-hybridized carbons (Fsp3) is 0.385. The zero-order valence-corrected chi connectivity index (χ0v) is 10.8. The van der Waals surface area contributed by atoms with Gasteiger partial charge in [0.05, 0.1) is 18.7 Å². The molecule has 1 N–H and O–H groups in total. The van der Waals surface area contributed by atoms with Crippen LogP contribution in [0.25, 0.3) is 11.5 Å². The van der Waals surface area contributed by atoms with Gasteiger partial charge in [-0.15, -0.1) is 10.2 Å². The molecule has 1 unspecified atom stereocenters. The Morgan fingerprint density at radius 3 is 2.78 bits per heavy atom. The van der Waals surface area contributed by atoms with Gasteiger partial charge in [0.1, 0.15) is 5.75 Å². The van der Waals surface area contributed by atoms with Crippen molar-refractivity contribution in [3.8, 4) is 17.2 Å². The average Bonchev–Trinajstić information content (AvgIpc) is 2.89. The standard InChI is InChI=1S/C13H17N3O2/c1-4-10(14-2)13-16-15-12(18-13)9-7-5-6-8-11(9)17-3/h5-8,10,14H,4H2,1-3H3. The molecule has 18 heavy (non-hydrogen) atoms. The van der Waals surface area contributed by atoms with Crippen LogP contribution >= 0.6 is 0 Å². The Hall–Kier alpha value is -1.88. The number of hydrogen-bond acceptors (Lipinski definition) is 5. The van der Waals surface area contributed by atoms with Crippen molar-refractivity contribution in [2.45, 2.75) is 19.4 Å². The van der Waals surface area contributed by atoms with Gasteiger partial charge >= 0.3 is 0 Å². The van der Waals surface area contributed by atoms with Gasteiger partial charge in [-0.05, 0) is 25.6 Å². The third-order valence-electron chi connectivity index (χ3n) is 2.83. The zero-order valence-electron chi connectivity index (χ0n) is 10.8. The first-order chi connectivity index (χ1) is 8.80. The van der Waals surface area contributed by atoms with Gasteiger partial charge < -0.3 is 14.5 Å². The molecule has 5 nitrogen and oxygen atoms in total. The molecule has 0 spiro atoms. The van der Waals surface area contributed by atoms with Crippen molar-refractivity contribution in [2.75, 3.05) is 14.2 Å². The highest BCUT2D eigenvalue weighted by molar-refractivity contribution is 5.62. The molecule has 5 heteroatoms. The molecule has 0 radical (unpaired) electrons. The summed E-state index contributed by atoms with van der Waals surface area (Å²) in [7, 11) is 3.50. The molecule has 2 rings (SSSR count). The first-order valence-corrected chi connectivity index (χ1v) is 5.94. The zero-order chi connectivity index (χ0) is 13.0. The predicted molar refractivity (Wildman–Crippen MR) is 68.4 cm³/mol. The molecule has 0 aliphatic carbocycles. The van der Waals surface area contributed by atoms with Crippen LogP contribution in [0.4, 0.5) is 0 Å². The summed E-state index contributed by atoms with van der Waals surface area (Å²) in [5, 5.41) is 11.3. The Bertz CT molecular complexity index is 506. The van der Waals surface area contributed by atoms with E-state index in [4.69, 9.17) is 9.15 Å². The number of nitrogens with zero attached hydrogens (tertiary/aromatic N) is 2. The second kappa shape index (κ2) is 5.64. The highest BCUT2D eigenvalue weighted by Crippen LogP contribution is 2.29. The van der Waals surface area contributed by atoms with Gasteiger partial charge in [0.25, 0.3) is 5.89 Å². The van der Waals surface area contributed by atoms with Crippen LogP contribution in [0.1, 0.15) is 25.3 Å². The Morgan fingerprint density at radius 1 is 1.33 bits per heavy atom. The van der Waals surface area contributed by atoms with E-state index in [1.165, 1.54) is 0 Å². The maximum absolute atomic E-state index is 5.69. The van der Waals surface area contributed by atoms with Crippen molar-refractivity contribution >= 4 is 0 Å². The Morgan fingerprint density at radius 2 is 2.11 bits per heavy atom. The second-order valence-corrected chi connectivity index (χ2v) is 3.90. The van der Waals surface area contributed by atoms with E-state index < -0.39 is 0 Å². The van der Waals surface area contributed by atoms with Crippen LogP contribution in [0.2, 0.25) is 0 Å². The van der Waals surface area contributed by atoms with E-state index in [9.17, 15) is 0 Å². The molecule has 0 bridgehead atoms. The van der Waals surface area contributed by atoms with Gasteiger partial charge in [0, 0.05) is 0 Å². The lowest BCUT2D eigenvalue weighted by Gasteiger charge is -2.07. The SMILES string of the molecule is CCC(NC)c1nnc(-c2ccccc2OC)o1. The van der Waals surface area contributed by atoms with E-state index in [0.29, 0.717) is 11.8 Å². The molecule has 0 fully saturated rings. The van der Waals surface area contributed by atoms with E-state index >= 15 is 0 Å². The molecule has 2 aromatic rings. The lowest BCUT2D eigenvalue weighted by atomic mass is 10.2. The second-order valence-electron chi connectivity index (χ2n) is 3.90. The molecule has 1 atom stereocenters. The summed E-state index contributed by atoms with van der Waals surface area (Å²) in [5.74, 6) is 1.81. The Balaban J connectivity index is 2.34. The number of benzene rings is 1. The van der Waals surface area contributed by atoms with Crippen LogP contribution < -0.4 is 10.1 Å². The minimum Gasteiger partial charge on any atom is -0.496 e. The van der Waals surface area contributed by atoms with E-state index in [1.54, 1.807) is 7.11 Å². The lowest BCUT2D eigenvalue weighted by molar-refractivity contribution is 0.403. The van der Waals surface area contributed by atoms with Crippen LogP contribution in [-0.2, 0) is 0 Å². The van der Waals surface area contributed by atoms with Crippen molar-refractivity contribution < 1.29 is 9.15 Å². The lowest BCUT2D eigenvalue weighted by Crippen LogP contribution is -2.15.